The van der Waals surface area contributed by atoms with E-state index in [0.29, 0.717) is 0 Å². The number of hydrogen-bond donors (Lipinski definition) is 1. The average molecular weight is 244 g/mol. The highest BCUT2D eigenvalue weighted by atomic mass is 15.2. The summed E-state index contributed by atoms with van der Waals surface area (Å²) in [6.45, 7) is 5.98. The van der Waals surface area contributed by atoms with Gasteiger partial charge in [0.1, 0.15) is 0 Å². The van der Waals surface area contributed by atoms with Crippen LogP contribution in [0, 0.1) is 5.92 Å². The van der Waals surface area contributed by atoms with Crippen molar-refractivity contribution < 1.29 is 0 Å². The molecule has 1 N–H and O–H groups in total. The third kappa shape index (κ3) is 2.45. The van der Waals surface area contributed by atoms with Crippen LogP contribution in [0.1, 0.15) is 31.7 Å². The Balaban J connectivity index is 1.72. The van der Waals surface area contributed by atoms with Gasteiger partial charge in [-0.2, -0.15) is 0 Å². The standard InChI is InChI=1S/C16H24N2/c1-13-6-5-9-16(15-10-17-11-15)18(13)12-14-7-3-2-4-8-14/h2-4,7-8,13,15-17H,5-6,9-12H2,1H3. The minimum Gasteiger partial charge on any atom is -0.316 e. The van der Waals surface area contributed by atoms with Crippen molar-refractivity contribution in [3.63, 3.8) is 0 Å². The summed E-state index contributed by atoms with van der Waals surface area (Å²) in [4.78, 5) is 2.75. The first-order chi connectivity index (χ1) is 8.84. The third-order valence-corrected chi connectivity index (χ3v) is 4.68. The van der Waals surface area contributed by atoms with Gasteiger partial charge in [0.2, 0.25) is 0 Å². The lowest BCUT2D eigenvalue weighted by molar-refractivity contribution is 0.0301. The maximum atomic E-state index is 3.43. The second kappa shape index (κ2) is 5.41. The van der Waals surface area contributed by atoms with Crippen molar-refractivity contribution in [1.82, 2.24) is 10.2 Å². The lowest BCUT2D eigenvalue weighted by atomic mass is 9.84. The van der Waals surface area contributed by atoms with Crippen molar-refractivity contribution in [1.29, 1.82) is 0 Å². The highest BCUT2D eigenvalue weighted by Crippen LogP contribution is 2.30. The molecule has 2 heteroatoms. The molecule has 0 radical (unpaired) electrons. The van der Waals surface area contributed by atoms with Crippen LogP contribution in [0.3, 0.4) is 0 Å². The summed E-state index contributed by atoms with van der Waals surface area (Å²) in [5.74, 6) is 0.886. The van der Waals surface area contributed by atoms with E-state index in [1.54, 1.807) is 0 Å². The van der Waals surface area contributed by atoms with E-state index in [1.165, 1.54) is 37.9 Å². The minimum atomic E-state index is 0.740. The fourth-order valence-corrected chi connectivity index (χ4v) is 3.44. The summed E-state index contributed by atoms with van der Waals surface area (Å²) in [6, 6.07) is 12.5. The van der Waals surface area contributed by atoms with E-state index >= 15 is 0 Å². The van der Waals surface area contributed by atoms with Gasteiger partial charge in [0.25, 0.3) is 0 Å². The number of hydrogen-bond acceptors (Lipinski definition) is 2. The second-order valence-corrected chi connectivity index (χ2v) is 5.92. The van der Waals surface area contributed by atoms with Crippen molar-refractivity contribution in [3.8, 4) is 0 Å². The molecule has 98 valence electrons. The summed E-state index contributed by atoms with van der Waals surface area (Å²) in [7, 11) is 0. The van der Waals surface area contributed by atoms with Crippen molar-refractivity contribution in [2.24, 2.45) is 5.92 Å². The normalized spacial score (nSPS) is 30.1. The van der Waals surface area contributed by atoms with Gasteiger partial charge in [-0.25, -0.2) is 0 Å². The van der Waals surface area contributed by atoms with Gasteiger partial charge < -0.3 is 5.32 Å². The summed E-state index contributed by atoms with van der Waals surface area (Å²) >= 11 is 0. The maximum absolute atomic E-state index is 3.43. The first-order valence-electron chi connectivity index (χ1n) is 7.35. The van der Waals surface area contributed by atoms with Crippen LogP contribution in [0.25, 0.3) is 0 Å². The van der Waals surface area contributed by atoms with Crippen LogP contribution in [0.4, 0.5) is 0 Å². The van der Waals surface area contributed by atoms with E-state index in [2.05, 4.69) is 47.5 Å². The SMILES string of the molecule is CC1CCCC(C2CNC2)N1Cc1ccccc1. The molecule has 0 aromatic heterocycles. The van der Waals surface area contributed by atoms with Crippen LogP contribution in [0.15, 0.2) is 30.3 Å². The first-order valence-corrected chi connectivity index (χ1v) is 7.35. The molecule has 2 aliphatic heterocycles. The summed E-state index contributed by atoms with van der Waals surface area (Å²) in [5, 5.41) is 3.43. The van der Waals surface area contributed by atoms with Crippen molar-refractivity contribution in [3.05, 3.63) is 35.9 Å². The molecule has 0 bridgehead atoms. The molecule has 0 saturated carbocycles. The summed E-state index contributed by atoms with van der Waals surface area (Å²) in [5.41, 5.74) is 1.46. The van der Waals surface area contributed by atoms with Crippen LogP contribution in [0.5, 0.6) is 0 Å². The van der Waals surface area contributed by atoms with Gasteiger partial charge in [0.15, 0.2) is 0 Å². The molecular formula is C16H24N2. The quantitative estimate of drug-likeness (QED) is 0.879. The molecule has 2 aliphatic rings. The van der Waals surface area contributed by atoms with Crippen LogP contribution >= 0.6 is 0 Å². The lowest BCUT2D eigenvalue weighted by Crippen LogP contribution is -2.57. The molecular weight excluding hydrogens is 220 g/mol. The minimum absolute atomic E-state index is 0.740. The van der Waals surface area contributed by atoms with E-state index < -0.39 is 0 Å². The van der Waals surface area contributed by atoms with E-state index in [-0.39, 0.29) is 0 Å². The van der Waals surface area contributed by atoms with Gasteiger partial charge >= 0.3 is 0 Å². The Morgan fingerprint density at radius 1 is 1.17 bits per heavy atom. The lowest BCUT2D eigenvalue weighted by Gasteiger charge is -2.47. The predicted molar refractivity (Wildman–Crippen MR) is 75.4 cm³/mol. The zero-order valence-electron chi connectivity index (χ0n) is 11.3. The molecule has 2 saturated heterocycles. The molecule has 0 spiro atoms. The van der Waals surface area contributed by atoms with Crippen LogP contribution in [-0.2, 0) is 6.54 Å². The molecule has 1 aromatic carbocycles. The van der Waals surface area contributed by atoms with Gasteiger partial charge in [-0.3, -0.25) is 4.90 Å². The highest BCUT2D eigenvalue weighted by Gasteiger charge is 2.35. The van der Waals surface area contributed by atoms with Crippen LogP contribution < -0.4 is 5.32 Å². The highest BCUT2D eigenvalue weighted by molar-refractivity contribution is 5.15. The largest absolute Gasteiger partial charge is 0.316 e. The Morgan fingerprint density at radius 3 is 2.61 bits per heavy atom. The topological polar surface area (TPSA) is 15.3 Å². The van der Waals surface area contributed by atoms with E-state index in [0.717, 1.165) is 24.5 Å². The van der Waals surface area contributed by atoms with Gasteiger partial charge in [-0.05, 0) is 31.2 Å². The Bertz CT molecular complexity index is 372. The molecule has 1 aromatic rings. The Hall–Kier alpha value is -0.860. The Morgan fingerprint density at radius 2 is 1.94 bits per heavy atom. The number of nitrogens with one attached hydrogen (secondary N) is 1. The van der Waals surface area contributed by atoms with E-state index in [1.807, 2.05) is 0 Å². The number of nitrogens with zero attached hydrogens (tertiary/aromatic N) is 1. The van der Waals surface area contributed by atoms with Gasteiger partial charge in [0.05, 0.1) is 0 Å². The number of benzene rings is 1. The molecule has 2 unspecified atom stereocenters. The molecule has 0 amide bonds. The molecule has 3 rings (SSSR count). The smallest absolute Gasteiger partial charge is 0.0239 e. The number of likely N-dealkylation sites (tertiary alicyclic amines) is 1. The molecule has 2 atom stereocenters. The van der Waals surface area contributed by atoms with Crippen molar-refractivity contribution >= 4 is 0 Å². The van der Waals surface area contributed by atoms with E-state index in [4.69, 9.17) is 0 Å². The molecule has 2 fully saturated rings. The second-order valence-electron chi connectivity index (χ2n) is 5.92. The fraction of sp³-hybridized carbons (Fsp3) is 0.625. The Kier molecular flexibility index (Phi) is 3.67. The Labute approximate surface area is 110 Å². The molecule has 18 heavy (non-hydrogen) atoms. The molecule has 2 heterocycles. The maximum Gasteiger partial charge on any atom is 0.0239 e. The van der Waals surface area contributed by atoms with Gasteiger partial charge in [-0.1, -0.05) is 36.8 Å². The van der Waals surface area contributed by atoms with Gasteiger partial charge in [-0.15, -0.1) is 0 Å². The molecule has 2 nitrogen and oxygen atoms in total. The first kappa shape index (κ1) is 12.2. The zero-order chi connectivity index (χ0) is 12.4. The number of rotatable bonds is 3. The molecule has 0 aliphatic carbocycles. The summed E-state index contributed by atoms with van der Waals surface area (Å²) in [6.07, 6.45) is 4.17. The van der Waals surface area contributed by atoms with Gasteiger partial charge in [0, 0.05) is 31.7 Å². The van der Waals surface area contributed by atoms with Crippen molar-refractivity contribution in [2.75, 3.05) is 13.1 Å². The number of piperidine rings is 1. The van der Waals surface area contributed by atoms with Crippen LogP contribution in [-0.4, -0.2) is 30.1 Å². The van der Waals surface area contributed by atoms with Crippen molar-refractivity contribution in [2.45, 2.75) is 44.8 Å². The third-order valence-electron chi connectivity index (χ3n) is 4.68. The monoisotopic (exact) mass is 244 g/mol. The predicted octanol–water partition coefficient (Wildman–Crippen LogP) is 2.65. The summed E-state index contributed by atoms with van der Waals surface area (Å²) < 4.78 is 0. The van der Waals surface area contributed by atoms with E-state index in [9.17, 15) is 0 Å². The fourth-order valence-electron chi connectivity index (χ4n) is 3.44. The van der Waals surface area contributed by atoms with Crippen LogP contribution in [0.2, 0.25) is 0 Å². The zero-order valence-corrected chi connectivity index (χ0v) is 11.3. The average Bonchev–Trinajstić information content (AvgIpc) is 2.33.